The normalized spacial score (nSPS) is 26.0. The molecule has 5 heteroatoms. The van der Waals surface area contributed by atoms with Crippen LogP contribution in [0.15, 0.2) is 60.7 Å². The molecule has 134 valence electrons. The van der Waals surface area contributed by atoms with E-state index in [1.54, 1.807) is 0 Å². The number of ether oxygens (including phenoxy) is 2. The SMILES string of the molecule is O[C@H]1[C@H](O)[C@@H](COCc2ccccc2)N[C@@H]1COCc1ccccc1. The van der Waals surface area contributed by atoms with Crippen LogP contribution in [0.1, 0.15) is 11.1 Å². The summed E-state index contributed by atoms with van der Waals surface area (Å²) in [6.07, 6.45) is -1.72. The second-order valence-electron chi connectivity index (χ2n) is 6.36. The molecule has 0 aliphatic carbocycles. The van der Waals surface area contributed by atoms with Crippen LogP contribution in [0.2, 0.25) is 0 Å². The Morgan fingerprint density at radius 3 is 1.48 bits per heavy atom. The zero-order valence-electron chi connectivity index (χ0n) is 14.1. The van der Waals surface area contributed by atoms with E-state index < -0.39 is 12.2 Å². The molecule has 1 heterocycles. The van der Waals surface area contributed by atoms with Crippen molar-refractivity contribution in [1.82, 2.24) is 5.32 Å². The van der Waals surface area contributed by atoms with Gasteiger partial charge in [0.05, 0.1) is 50.7 Å². The quantitative estimate of drug-likeness (QED) is 0.677. The highest BCUT2D eigenvalue weighted by Gasteiger charge is 2.40. The molecule has 4 atom stereocenters. The summed E-state index contributed by atoms with van der Waals surface area (Å²) in [5.41, 5.74) is 2.16. The molecule has 0 bridgehead atoms. The Kier molecular flexibility index (Phi) is 6.55. The molecule has 1 aliphatic heterocycles. The lowest BCUT2D eigenvalue weighted by Gasteiger charge is -2.15. The largest absolute Gasteiger partial charge is 0.389 e. The van der Waals surface area contributed by atoms with Crippen LogP contribution in [-0.2, 0) is 22.7 Å². The predicted molar refractivity (Wildman–Crippen MR) is 94.9 cm³/mol. The van der Waals surface area contributed by atoms with Gasteiger partial charge >= 0.3 is 0 Å². The van der Waals surface area contributed by atoms with Crippen molar-refractivity contribution in [2.45, 2.75) is 37.5 Å². The summed E-state index contributed by atoms with van der Waals surface area (Å²) in [5.74, 6) is 0. The van der Waals surface area contributed by atoms with Gasteiger partial charge < -0.3 is 25.0 Å². The number of hydrogen-bond donors (Lipinski definition) is 3. The molecule has 0 radical (unpaired) electrons. The average Bonchev–Trinajstić information content (AvgIpc) is 2.92. The minimum absolute atomic E-state index is 0.302. The Labute approximate surface area is 148 Å². The Bertz CT molecular complexity index is 567. The van der Waals surface area contributed by atoms with Gasteiger partial charge in [-0.25, -0.2) is 0 Å². The molecule has 2 aromatic rings. The Morgan fingerprint density at radius 1 is 0.680 bits per heavy atom. The van der Waals surface area contributed by atoms with Crippen LogP contribution in [0.25, 0.3) is 0 Å². The molecule has 0 saturated carbocycles. The maximum absolute atomic E-state index is 10.2. The van der Waals surface area contributed by atoms with Gasteiger partial charge in [-0.05, 0) is 11.1 Å². The van der Waals surface area contributed by atoms with Crippen molar-refractivity contribution in [2.75, 3.05) is 13.2 Å². The fraction of sp³-hybridized carbons (Fsp3) is 0.400. The smallest absolute Gasteiger partial charge is 0.0990 e. The summed E-state index contributed by atoms with van der Waals surface area (Å²) in [6, 6.07) is 19.1. The molecule has 3 rings (SSSR count). The summed E-state index contributed by atoms with van der Waals surface area (Å²) < 4.78 is 11.3. The first-order chi connectivity index (χ1) is 12.2. The van der Waals surface area contributed by atoms with E-state index in [-0.39, 0.29) is 12.1 Å². The van der Waals surface area contributed by atoms with Gasteiger partial charge in [-0.1, -0.05) is 60.7 Å². The lowest BCUT2D eigenvalue weighted by Crippen LogP contribution is -2.39. The zero-order valence-corrected chi connectivity index (χ0v) is 14.1. The second-order valence-corrected chi connectivity index (χ2v) is 6.36. The van der Waals surface area contributed by atoms with Gasteiger partial charge in [0.25, 0.3) is 0 Å². The minimum Gasteiger partial charge on any atom is -0.389 e. The molecule has 0 unspecified atom stereocenters. The van der Waals surface area contributed by atoms with E-state index in [1.165, 1.54) is 0 Å². The van der Waals surface area contributed by atoms with Crippen molar-refractivity contribution >= 4 is 0 Å². The van der Waals surface area contributed by atoms with E-state index in [0.717, 1.165) is 11.1 Å². The Balaban J connectivity index is 1.41. The molecule has 1 saturated heterocycles. The Morgan fingerprint density at radius 2 is 1.08 bits per heavy atom. The minimum atomic E-state index is -0.860. The van der Waals surface area contributed by atoms with Crippen LogP contribution < -0.4 is 5.32 Å². The van der Waals surface area contributed by atoms with Crippen LogP contribution in [0.4, 0.5) is 0 Å². The van der Waals surface area contributed by atoms with Crippen molar-refractivity contribution in [3.63, 3.8) is 0 Å². The highest BCUT2D eigenvalue weighted by Crippen LogP contribution is 2.16. The lowest BCUT2D eigenvalue weighted by atomic mass is 10.1. The molecule has 2 aromatic carbocycles. The number of benzene rings is 2. The van der Waals surface area contributed by atoms with Crippen molar-refractivity contribution in [3.05, 3.63) is 71.8 Å². The van der Waals surface area contributed by atoms with E-state index in [4.69, 9.17) is 9.47 Å². The molecule has 0 spiro atoms. The van der Waals surface area contributed by atoms with E-state index >= 15 is 0 Å². The van der Waals surface area contributed by atoms with Crippen molar-refractivity contribution in [2.24, 2.45) is 0 Å². The van der Waals surface area contributed by atoms with Crippen molar-refractivity contribution < 1.29 is 19.7 Å². The number of nitrogens with one attached hydrogen (secondary N) is 1. The Hall–Kier alpha value is -1.76. The third-order valence-electron chi connectivity index (χ3n) is 4.42. The molecule has 1 fully saturated rings. The van der Waals surface area contributed by atoms with E-state index in [0.29, 0.717) is 26.4 Å². The van der Waals surface area contributed by atoms with Crippen LogP contribution in [0.5, 0.6) is 0 Å². The predicted octanol–water partition coefficient (Wildman–Crippen LogP) is 1.48. The number of hydrogen-bond acceptors (Lipinski definition) is 5. The molecule has 1 aliphatic rings. The highest BCUT2D eigenvalue weighted by molar-refractivity contribution is 5.14. The molecular weight excluding hydrogens is 318 g/mol. The molecule has 3 N–H and O–H groups in total. The average molecular weight is 343 g/mol. The molecule has 0 amide bonds. The van der Waals surface area contributed by atoms with Gasteiger partial charge in [0.15, 0.2) is 0 Å². The van der Waals surface area contributed by atoms with Gasteiger partial charge in [0.1, 0.15) is 0 Å². The standard InChI is InChI=1S/C20H25NO4/c22-19-17(13-24-11-15-7-3-1-4-8-15)21-18(20(19)23)14-25-12-16-9-5-2-6-10-16/h1-10,17-23H,11-14H2/t17-,18-,19-,20-/m1/s1. The van der Waals surface area contributed by atoms with Gasteiger partial charge in [-0.2, -0.15) is 0 Å². The van der Waals surface area contributed by atoms with Crippen LogP contribution >= 0.6 is 0 Å². The fourth-order valence-corrected chi connectivity index (χ4v) is 3.00. The topological polar surface area (TPSA) is 71.0 Å². The summed E-state index contributed by atoms with van der Waals surface area (Å²) in [7, 11) is 0. The summed E-state index contributed by atoms with van der Waals surface area (Å²) in [4.78, 5) is 0. The fourth-order valence-electron chi connectivity index (χ4n) is 3.00. The summed E-state index contributed by atoms with van der Waals surface area (Å²) in [5, 5.41) is 23.6. The summed E-state index contributed by atoms with van der Waals surface area (Å²) >= 11 is 0. The summed E-state index contributed by atoms with van der Waals surface area (Å²) in [6.45, 7) is 1.64. The maximum Gasteiger partial charge on any atom is 0.0990 e. The first kappa shape index (κ1) is 18.0. The zero-order chi connectivity index (χ0) is 17.5. The molecule has 0 aromatic heterocycles. The van der Waals surface area contributed by atoms with Crippen LogP contribution in [0.3, 0.4) is 0 Å². The van der Waals surface area contributed by atoms with E-state index in [2.05, 4.69) is 5.32 Å². The van der Waals surface area contributed by atoms with Crippen molar-refractivity contribution in [1.29, 1.82) is 0 Å². The maximum atomic E-state index is 10.2. The first-order valence-electron chi connectivity index (χ1n) is 8.59. The molecular formula is C20H25NO4. The number of rotatable bonds is 8. The van der Waals surface area contributed by atoms with E-state index in [1.807, 2.05) is 60.7 Å². The molecule has 25 heavy (non-hydrogen) atoms. The second kappa shape index (κ2) is 9.08. The van der Waals surface area contributed by atoms with Crippen LogP contribution in [-0.4, -0.2) is 47.7 Å². The molecule has 5 nitrogen and oxygen atoms in total. The number of aliphatic hydroxyl groups excluding tert-OH is 2. The first-order valence-corrected chi connectivity index (χ1v) is 8.59. The van der Waals surface area contributed by atoms with E-state index in [9.17, 15) is 10.2 Å². The highest BCUT2D eigenvalue weighted by atomic mass is 16.5. The van der Waals surface area contributed by atoms with Crippen LogP contribution in [0, 0.1) is 0 Å². The van der Waals surface area contributed by atoms with Gasteiger partial charge in [-0.15, -0.1) is 0 Å². The van der Waals surface area contributed by atoms with Gasteiger partial charge in [0, 0.05) is 0 Å². The third-order valence-corrected chi connectivity index (χ3v) is 4.42. The monoisotopic (exact) mass is 343 g/mol. The third kappa shape index (κ3) is 5.11. The van der Waals surface area contributed by atoms with Crippen molar-refractivity contribution in [3.8, 4) is 0 Å². The lowest BCUT2D eigenvalue weighted by molar-refractivity contribution is -0.00497. The van der Waals surface area contributed by atoms with Gasteiger partial charge in [-0.3, -0.25) is 0 Å². The van der Waals surface area contributed by atoms with Gasteiger partial charge in [0.2, 0.25) is 0 Å². The number of aliphatic hydroxyl groups is 2.